The summed E-state index contributed by atoms with van der Waals surface area (Å²) in [4.78, 5) is 19.0. The number of fused-ring (bicyclic) bond motifs is 1. The molecule has 0 saturated carbocycles. The van der Waals surface area contributed by atoms with Gasteiger partial charge in [-0.15, -0.1) is 0 Å². The van der Waals surface area contributed by atoms with Gasteiger partial charge in [-0.3, -0.25) is 9.36 Å². The largest absolute Gasteiger partial charge is 0.598 e. The molecule has 2 aliphatic rings. The second-order valence-electron chi connectivity index (χ2n) is 8.86. The molecule has 1 aliphatic carbocycles. The molecule has 6 nitrogen and oxygen atoms in total. The van der Waals surface area contributed by atoms with Crippen molar-refractivity contribution in [2.45, 2.75) is 44.3 Å². The van der Waals surface area contributed by atoms with Crippen LogP contribution in [0.2, 0.25) is 0 Å². The molecule has 1 fully saturated rings. The number of nitrogens with two attached hydrogens (primary N) is 1. The summed E-state index contributed by atoms with van der Waals surface area (Å²) in [7, 11) is 1.80. The molecule has 1 aromatic heterocycles. The van der Waals surface area contributed by atoms with E-state index in [1.807, 2.05) is 36.4 Å². The van der Waals surface area contributed by atoms with E-state index < -0.39 is 16.1 Å². The first-order valence-corrected chi connectivity index (χ1v) is 12.2. The highest BCUT2D eigenvalue weighted by Gasteiger charge is 2.44. The van der Waals surface area contributed by atoms with Gasteiger partial charge in [-0.1, -0.05) is 18.2 Å². The maximum Gasteiger partial charge on any atom is 0.268 e. The molecule has 2 aromatic rings. The maximum absolute atomic E-state index is 12.3. The lowest BCUT2D eigenvalue weighted by Crippen LogP contribution is -2.43. The van der Waals surface area contributed by atoms with Gasteiger partial charge in [0.05, 0.1) is 3.57 Å². The molecule has 1 spiro atoms. The van der Waals surface area contributed by atoms with Crippen molar-refractivity contribution in [3.05, 3.63) is 55.0 Å². The Morgan fingerprint density at radius 1 is 1.28 bits per heavy atom. The van der Waals surface area contributed by atoms with E-state index in [4.69, 9.17) is 5.14 Å². The zero-order valence-corrected chi connectivity index (χ0v) is 20.0. The predicted octanol–water partition coefficient (Wildman–Crippen LogP) is 2.63. The average molecular weight is 526 g/mol. The van der Waals surface area contributed by atoms with Crippen molar-refractivity contribution >= 4 is 39.9 Å². The molecule has 8 heteroatoms. The lowest BCUT2D eigenvalue weighted by atomic mass is 9.75. The van der Waals surface area contributed by atoms with E-state index in [2.05, 4.69) is 28.1 Å². The summed E-state index contributed by atoms with van der Waals surface area (Å²) in [5.41, 5.74) is 4.06. The first-order valence-electron chi connectivity index (χ1n) is 9.89. The fourth-order valence-electron chi connectivity index (χ4n) is 4.86. The molecule has 2 N–H and O–H groups in total. The lowest BCUT2D eigenvalue weighted by Gasteiger charge is -2.40. The highest BCUT2D eigenvalue weighted by Crippen LogP contribution is 2.48. The SMILES string of the molecule is Cn1c(N2CCC3(CC2)Cc2cccc(C(C)(C)[S+](N)[O-])c2C3)ncc(I)c1=O. The number of aromatic nitrogens is 2. The second kappa shape index (κ2) is 7.55. The highest BCUT2D eigenvalue weighted by atomic mass is 127. The molecule has 1 unspecified atom stereocenters. The molecular formula is C21H27IN4O2S. The predicted molar refractivity (Wildman–Crippen MR) is 125 cm³/mol. The number of anilines is 1. The summed E-state index contributed by atoms with van der Waals surface area (Å²) in [6, 6.07) is 6.37. The Kier molecular flexibility index (Phi) is 5.50. The van der Waals surface area contributed by atoms with Crippen molar-refractivity contribution in [2.24, 2.45) is 17.6 Å². The van der Waals surface area contributed by atoms with Crippen LogP contribution in [0.15, 0.2) is 29.2 Å². The number of rotatable bonds is 3. The zero-order valence-electron chi connectivity index (χ0n) is 17.1. The number of benzene rings is 1. The van der Waals surface area contributed by atoms with Gasteiger partial charge in [0.25, 0.3) is 5.56 Å². The van der Waals surface area contributed by atoms with Gasteiger partial charge >= 0.3 is 0 Å². The maximum atomic E-state index is 12.3. The molecule has 4 rings (SSSR count). The van der Waals surface area contributed by atoms with E-state index in [0.29, 0.717) is 3.57 Å². The fourth-order valence-corrected chi connectivity index (χ4v) is 5.77. The monoisotopic (exact) mass is 526 g/mol. The van der Waals surface area contributed by atoms with Crippen LogP contribution in [0.1, 0.15) is 43.4 Å². The Morgan fingerprint density at radius 2 is 1.97 bits per heavy atom. The minimum atomic E-state index is -1.42. The van der Waals surface area contributed by atoms with Gasteiger partial charge in [0, 0.05) is 43.3 Å². The Hall–Kier alpha value is -1.10. The molecule has 0 bridgehead atoms. The Balaban J connectivity index is 1.56. The van der Waals surface area contributed by atoms with E-state index in [9.17, 15) is 9.35 Å². The number of hydrogen-bond donors (Lipinski definition) is 1. The molecule has 1 aromatic carbocycles. The smallest absolute Gasteiger partial charge is 0.268 e. The molecule has 0 amide bonds. The third-order valence-corrected chi connectivity index (χ3v) is 8.72. The molecule has 1 aliphatic heterocycles. The van der Waals surface area contributed by atoms with Gasteiger partial charge in [0.15, 0.2) is 4.75 Å². The van der Waals surface area contributed by atoms with E-state index in [-0.39, 0.29) is 11.0 Å². The average Bonchev–Trinajstić information content (AvgIpc) is 3.04. The van der Waals surface area contributed by atoms with Gasteiger partial charge in [-0.25, -0.2) is 4.98 Å². The van der Waals surface area contributed by atoms with E-state index >= 15 is 0 Å². The fraction of sp³-hybridized carbons (Fsp3) is 0.524. The topological polar surface area (TPSA) is 87.2 Å². The Bertz CT molecular complexity index is 997. The van der Waals surface area contributed by atoms with Gasteiger partial charge in [0.1, 0.15) is 0 Å². The van der Waals surface area contributed by atoms with Gasteiger partial charge in [-0.2, -0.15) is 5.14 Å². The summed E-state index contributed by atoms with van der Waals surface area (Å²) in [6.07, 6.45) is 5.82. The molecular weight excluding hydrogens is 499 g/mol. The first kappa shape index (κ1) is 21.1. The summed E-state index contributed by atoms with van der Waals surface area (Å²) in [5.74, 6) is 0.751. The number of hydrogen-bond acceptors (Lipinski definition) is 5. The third kappa shape index (κ3) is 3.62. The number of nitrogens with zero attached hydrogens (tertiary/aromatic N) is 3. The Labute approximate surface area is 188 Å². The van der Waals surface area contributed by atoms with Gasteiger partial charge < -0.3 is 9.45 Å². The van der Waals surface area contributed by atoms with Gasteiger partial charge in [-0.05, 0) is 78.7 Å². The third-order valence-electron chi connectivity index (χ3n) is 6.75. The van der Waals surface area contributed by atoms with E-state index in [1.54, 1.807) is 17.8 Å². The summed E-state index contributed by atoms with van der Waals surface area (Å²) in [6.45, 7) is 5.71. The molecule has 1 saturated heterocycles. The minimum Gasteiger partial charge on any atom is -0.598 e. The number of halogens is 1. The molecule has 0 radical (unpaired) electrons. The second-order valence-corrected chi connectivity index (χ2v) is 11.6. The van der Waals surface area contributed by atoms with Crippen LogP contribution in [0.3, 0.4) is 0 Å². The van der Waals surface area contributed by atoms with Crippen molar-refractivity contribution in [1.82, 2.24) is 9.55 Å². The molecule has 1 atom stereocenters. The minimum absolute atomic E-state index is 0.00539. The van der Waals surface area contributed by atoms with Crippen LogP contribution in [0.4, 0.5) is 5.95 Å². The van der Waals surface area contributed by atoms with Crippen molar-refractivity contribution in [2.75, 3.05) is 18.0 Å². The van der Waals surface area contributed by atoms with Crippen molar-refractivity contribution in [1.29, 1.82) is 0 Å². The van der Waals surface area contributed by atoms with Crippen LogP contribution in [0.25, 0.3) is 0 Å². The lowest BCUT2D eigenvalue weighted by molar-refractivity contribution is 0.230. The molecule has 156 valence electrons. The highest BCUT2D eigenvalue weighted by molar-refractivity contribution is 14.1. The van der Waals surface area contributed by atoms with Crippen LogP contribution >= 0.6 is 22.6 Å². The first-order chi connectivity index (χ1) is 13.6. The summed E-state index contributed by atoms with van der Waals surface area (Å²) >= 11 is 0.610. The van der Waals surface area contributed by atoms with Gasteiger partial charge in [0.2, 0.25) is 5.95 Å². The van der Waals surface area contributed by atoms with Crippen LogP contribution < -0.4 is 15.6 Å². The molecule has 2 heterocycles. The summed E-state index contributed by atoms with van der Waals surface area (Å²) < 4.78 is 13.9. The Morgan fingerprint density at radius 3 is 2.62 bits per heavy atom. The van der Waals surface area contributed by atoms with Crippen LogP contribution in [0.5, 0.6) is 0 Å². The van der Waals surface area contributed by atoms with Crippen LogP contribution in [-0.4, -0.2) is 27.2 Å². The quantitative estimate of drug-likeness (QED) is 0.491. The normalized spacial score (nSPS) is 19.4. The summed E-state index contributed by atoms with van der Waals surface area (Å²) in [5, 5.41) is 5.82. The molecule has 29 heavy (non-hydrogen) atoms. The van der Waals surface area contributed by atoms with E-state index in [0.717, 1.165) is 50.3 Å². The van der Waals surface area contributed by atoms with Crippen LogP contribution in [0, 0.1) is 8.99 Å². The number of piperidine rings is 1. The zero-order chi connectivity index (χ0) is 21.0. The van der Waals surface area contributed by atoms with E-state index in [1.165, 1.54) is 11.1 Å². The van der Waals surface area contributed by atoms with Crippen molar-refractivity contribution < 1.29 is 4.55 Å². The van der Waals surface area contributed by atoms with Crippen molar-refractivity contribution in [3.63, 3.8) is 0 Å². The standard InChI is InChI=1S/C21H27IN4O2S/c1-20(2,29(23)28)16-6-4-5-14-11-21(12-15(14)16)7-9-26(10-8-21)19-24-13-17(22)18(27)25(19)3/h4-6,13H,7-12,23H2,1-3H3. The van der Waals surface area contributed by atoms with Crippen molar-refractivity contribution in [3.8, 4) is 0 Å². The van der Waals surface area contributed by atoms with Crippen LogP contribution in [-0.2, 0) is 36.0 Å².